The summed E-state index contributed by atoms with van der Waals surface area (Å²) in [6.07, 6.45) is -1.43. The standard InChI is InChI=1S/C17H18O5/c1-21-16-9-13(14(18)10-17(19)20)7-8-15(16)22-11-12-5-3-2-4-6-12/h2-9,14,18H,10-11H2,1H3,(H,19,20). The molecule has 5 nitrogen and oxygen atoms in total. The molecule has 0 spiro atoms. The molecule has 1 unspecified atom stereocenters. The van der Waals surface area contributed by atoms with Gasteiger partial charge in [-0.3, -0.25) is 4.79 Å². The number of hydrogen-bond acceptors (Lipinski definition) is 4. The van der Waals surface area contributed by atoms with Gasteiger partial charge in [-0.2, -0.15) is 0 Å². The SMILES string of the molecule is COc1cc(C(O)CC(=O)O)ccc1OCc1ccccc1. The highest BCUT2D eigenvalue weighted by Crippen LogP contribution is 2.31. The minimum absolute atomic E-state index is 0.354. The van der Waals surface area contributed by atoms with Crippen LogP contribution in [0.15, 0.2) is 48.5 Å². The number of benzene rings is 2. The number of aliphatic carboxylic acids is 1. The van der Waals surface area contributed by atoms with Crippen LogP contribution in [-0.2, 0) is 11.4 Å². The van der Waals surface area contributed by atoms with E-state index in [1.165, 1.54) is 7.11 Å². The Labute approximate surface area is 128 Å². The molecule has 0 aliphatic heterocycles. The molecule has 0 aliphatic rings. The number of methoxy groups -OCH3 is 1. The summed E-state index contributed by atoms with van der Waals surface area (Å²) >= 11 is 0. The average Bonchev–Trinajstić information content (AvgIpc) is 2.53. The number of carbonyl (C=O) groups is 1. The van der Waals surface area contributed by atoms with E-state index in [1.807, 2.05) is 30.3 Å². The van der Waals surface area contributed by atoms with E-state index in [4.69, 9.17) is 14.6 Å². The summed E-state index contributed by atoms with van der Waals surface area (Å²) in [5, 5.41) is 18.6. The molecule has 2 aromatic rings. The van der Waals surface area contributed by atoms with E-state index in [0.29, 0.717) is 23.7 Å². The number of carboxylic acid groups (broad SMARTS) is 1. The number of hydrogen-bond donors (Lipinski definition) is 2. The van der Waals surface area contributed by atoms with Crippen molar-refractivity contribution in [3.05, 3.63) is 59.7 Å². The lowest BCUT2D eigenvalue weighted by Gasteiger charge is -2.14. The number of ether oxygens (including phenoxy) is 2. The third kappa shape index (κ3) is 4.23. The quantitative estimate of drug-likeness (QED) is 0.822. The van der Waals surface area contributed by atoms with Crippen LogP contribution in [-0.4, -0.2) is 23.3 Å². The Hall–Kier alpha value is -2.53. The van der Waals surface area contributed by atoms with Crippen molar-refractivity contribution in [1.82, 2.24) is 0 Å². The van der Waals surface area contributed by atoms with Gasteiger partial charge in [0.25, 0.3) is 0 Å². The third-order valence-corrected chi connectivity index (χ3v) is 3.18. The van der Waals surface area contributed by atoms with Crippen LogP contribution in [0.4, 0.5) is 0 Å². The highest BCUT2D eigenvalue weighted by molar-refractivity contribution is 5.67. The van der Waals surface area contributed by atoms with Crippen LogP contribution in [0, 0.1) is 0 Å². The molecule has 0 saturated carbocycles. The Kier molecular flexibility index (Phi) is 5.38. The lowest BCUT2D eigenvalue weighted by molar-refractivity contribution is -0.139. The number of aliphatic hydroxyl groups is 1. The van der Waals surface area contributed by atoms with Gasteiger partial charge in [0.15, 0.2) is 11.5 Å². The Morgan fingerprint density at radius 3 is 2.50 bits per heavy atom. The lowest BCUT2D eigenvalue weighted by atomic mass is 10.1. The lowest BCUT2D eigenvalue weighted by Crippen LogP contribution is -2.06. The van der Waals surface area contributed by atoms with Crippen LogP contribution in [0.3, 0.4) is 0 Å². The van der Waals surface area contributed by atoms with Crippen molar-refractivity contribution in [3.8, 4) is 11.5 Å². The largest absolute Gasteiger partial charge is 0.493 e. The van der Waals surface area contributed by atoms with Gasteiger partial charge in [-0.25, -0.2) is 0 Å². The highest BCUT2D eigenvalue weighted by Gasteiger charge is 2.15. The molecule has 0 amide bonds. The zero-order chi connectivity index (χ0) is 15.9. The molecule has 0 heterocycles. The summed E-state index contributed by atoms with van der Waals surface area (Å²) in [6.45, 7) is 0.397. The van der Waals surface area contributed by atoms with Crippen molar-refractivity contribution in [2.24, 2.45) is 0 Å². The minimum Gasteiger partial charge on any atom is -0.493 e. The van der Waals surface area contributed by atoms with Crippen molar-refractivity contribution >= 4 is 5.97 Å². The fraction of sp³-hybridized carbons (Fsp3) is 0.235. The molecular weight excluding hydrogens is 284 g/mol. The number of aliphatic hydroxyl groups excluding tert-OH is 1. The Bertz CT molecular complexity index is 624. The van der Waals surface area contributed by atoms with Crippen molar-refractivity contribution in [2.45, 2.75) is 19.1 Å². The van der Waals surface area contributed by atoms with Gasteiger partial charge in [-0.1, -0.05) is 36.4 Å². The molecule has 0 radical (unpaired) electrons. The number of rotatable bonds is 7. The second-order valence-electron chi connectivity index (χ2n) is 4.80. The Morgan fingerprint density at radius 1 is 1.14 bits per heavy atom. The smallest absolute Gasteiger partial charge is 0.306 e. The topological polar surface area (TPSA) is 76.0 Å². The molecule has 0 fully saturated rings. The maximum absolute atomic E-state index is 10.6. The zero-order valence-electron chi connectivity index (χ0n) is 12.2. The van der Waals surface area contributed by atoms with Crippen molar-refractivity contribution in [3.63, 3.8) is 0 Å². The molecule has 0 aromatic heterocycles. The summed E-state index contributed by atoms with van der Waals surface area (Å²) in [7, 11) is 1.50. The molecule has 22 heavy (non-hydrogen) atoms. The van der Waals surface area contributed by atoms with E-state index in [-0.39, 0.29) is 6.42 Å². The highest BCUT2D eigenvalue weighted by atomic mass is 16.5. The fourth-order valence-electron chi connectivity index (χ4n) is 2.03. The molecule has 116 valence electrons. The van der Waals surface area contributed by atoms with Crippen molar-refractivity contribution < 1.29 is 24.5 Å². The summed E-state index contributed by atoms with van der Waals surface area (Å²) in [5.41, 5.74) is 1.51. The summed E-state index contributed by atoms with van der Waals surface area (Å²) < 4.78 is 11.0. The van der Waals surface area contributed by atoms with E-state index in [2.05, 4.69) is 0 Å². The van der Waals surface area contributed by atoms with Gasteiger partial charge in [0.2, 0.25) is 0 Å². The number of carboxylic acids is 1. The fourth-order valence-corrected chi connectivity index (χ4v) is 2.03. The van der Waals surface area contributed by atoms with Crippen molar-refractivity contribution in [1.29, 1.82) is 0 Å². The molecule has 5 heteroatoms. The first-order valence-corrected chi connectivity index (χ1v) is 6.84. The molecule has 0 bridgehead atoms. The van der Waals surface area contributed by atoms with E-state index < -0.39 is 12.1 Å². The second kappa shape index (κ2) is 7.47. The van der Waals surface area contributed by atoms with Crippen LogP contribution in [0.2, 0.25) is 0 Å². The van der Waals surface area contributed by atoms with Gasteiger partial charge in [0.05, 0.1) is 19.6 Å². The zero-order valence-corrected chi connectivity index (χ0v) is 12.2. The van der Waals surface area contributed by atoms with Gasteiger partial charge in [-0.05, 0) is 23.3 Å². The average molecular weight is 302 g/mol. The van der Waals surface area contributed by atoms with E-state index in [9.17, 15) is 9.90 Å². The first-order valence-electron chi connectivity index (χ1n) is 6.84. The molecular formula is C17H18O5. The molecule has 0 aliphatic carbocycles. The van der Waals surface area contributed by atoms with Gasteiger partial charge < -0.3 is 19.7 Å². The predicted molar refractivity (Wildman–Crippen MR) is 81.0 cm³/mol. The van der Waals surface area contributed by atoms with Crippen LogP contribution >= 0.6 is 0 Å². The van der Waals surface area contributed by atoms with Crippen LogP contribution < -0.4 is 9.47 Å². The maximum Gasteiger partial charge on any atom is 0.306 e. The van der Waals surface area contributed by atoms with Crippen LogP contribution in [0.5, 0.6) is 11.5 Å². The normalized spacial score (nSPS) is 11.7. The van der Waals surface area contributed by atoms with Crippen LogP contribution in [0.1, 0.15) is 23.7 Å². The summed E-state index contributed by atoms with van der Waals surface area (Å²) in [4.78, 5) is 10.6. The van der Waals surface area contributed by atoms with Crippen LogP contribution in [0.25, 0.3) is 0 Å². The van der Waals surface area contributed by atoms with Gasteiger partial charge in [-0.15, -0.1) is 0 Å². The van der Waals surface area contributed by atoms with Gasteiger partial charge in [0.1, 0.15) is 6.61 Å². The Balaban J connectivity index is 2.10. The van der Waals surface area contributed by atoms with Gasteiger partial charge >= 0.3 is 5.97 Å². The second-order valence-corrected chi connectivity index (χ2v) is 4.80. The Morgan fingerprint density at radius 2 is 1.86 bits per heavy atom. The third-order valence-electron chi connectivity index (χ3n) is 3.18. The molecule has 1 atom stereocenters. The first kappa shape index (κ1) is 15.9. The van der Waals surface area contributed by atoms with E-state index in [0.717, 1.165) is 5.56 Å². The monoisotopic (exact) mass is 302 g/mol. The predicted octanol–water partition coefficient (Wildman–Crippen LogP) is 2.78. The van der Waals surface area contributed by atoms with Gasteiger partial charge in [0, 0.05) is 0 Å². The maximum atomic E-state index is 10.6. The van der Waals surface area contributed by atoms with E-state index in [1.54, 1.807) is 18.2 Å². The molecule has 2 rings (SSSR count). The molecule has 2 N–H and O–H groups in total. The minimum atomic E-state index is -1.07. The molecule has 0 saturated heterocycles. The molecule has 2 aromatic carbocycles. The summed E-state index contributed by atoms with van der Waals surface area (Å²) in [6, 6.07) is 14.6. The first-order chi connectivity index (χ1) is 10.6. The van der Waals surface area contributed by atoms with Crippen molar-refractivity contribution in [2.75, 3.05) is 7.11 Å². The van der Waals surface area contributed by atoms with E-state index >= 15 is 0 Å². The summed E-state index contributed by atoms with van der Waals surface area (Å²) in [5.74, 6) is -0.0635.